The van der Waals surface area contributed by atoms with Crippen molar-refractivity contribution in [2.24, 2.45) is 7.05 Å². The zero-order chi connectivity index (χ0) is 32.1. The van der Waals surface area contributed by atoms with Gasteiger partial charge in [0.05, 0.1) is 10.4 Å². The number of hydrogen-bond donors (Lipinski definition) is 1. The molecule has 4 aromatic rings. The lowest BCUT2D eigenvalue weighted by molar-refractivity contribution is -0.141. The maximum absolute atomic E-state index is 13.7. The number of aromatic nitrogens is 4. The zero-order valence-corrected chi connectivity index (χ0v) is 25.9. The van der Waals surface area contributed by atoms with E-state index in [1.807, 2.05) is 6.92 Å². The molecular formula is C30H33F3N8O3S. The maximum Gasteiger partial charge on any atom is 0.435 e. The third kappa shape index (κ3) is 5.99. The summed E-state index contributed by atoms with van der Waals surface area (Å²) < 4.78 is 70.6. The first-order chi connectivity index (χ1) is 21.3. The minimum Gasteiger partial charge on any atom is -0.366 e. The highest BCUT2D eigenvalue weighted by Gasteiger charge is 2.38. The number of nitrogens with zero attached hydrogens (tertiary/aromatic N) is 7. The summed E-state index contributed by atoms with van der Waals surface area (Å²) in [6, 6.07) is 9.88. The Labute approximate surface area is 258 Å². The van der Waals surface area contributed by atoms with E-state index in [1.54, 1.807) is 41.3 Å². The molecule has 238 valence electrons. The number of hydrogen-bond acceptors (Lipinski definition) is 8. The van der Waals surface area contributed by atoms with Crippen molar-refractivity contribution >= 4 is 38.3 Å². The molecule has 0 bridgehead atoms. The van der Waals surface area contributed by atoms with E-state index in [4.69, 9.17) is 0 Å². The van der Waals surface area contributed by atoms with Gasteiger partial charge in [-0.25, -0.2) is 18.4 Å². The number of sulfonamides is 1. The summed E-state index contributed by atoms with van der Waals surface area (Å²) in [7, 11) is -2.25. The van der Waals surface area contributed by atoms with E-state index in [0.29, 0.717) is 68.0 Å². The van der Waals surface area contributed by atoms with E-state index in [-0.39, 0.29) is 22.4 Å². The molecule has 15 heteroatoms. The SMILES string of the molecule is CC(=O)N1CCc2cc(S(=O)(=O)N3CCN(CC(C)Nc4ncnc5c(-c6cn(C)nc6C(F)(F)F)cccc45)CC3)ccc21. The summed E-state index contributed by atoms with van der Waals surface area (Å²) in [5, 5.41) is 7.58. The zero-order valence-electron chi connectivity index (χ0n) is 25.0. The first kappa shape index (κ1) is 30.9. The van der Waals surface area contributed by atoms with Gasteiger partial charge >= 0.3 is 6.18 Å². The van der Waals surface area contributed by atoms with E-state index in [2.05, 4.69) is 25.3 Å². The lowest BCUT2D eigenvalue weighted by Crippen LogP contribution is -2.50. The Morgan fingerprint density at radius 2 is 1.80 bits per heavy atom. The molecule has 2 aromatic heterocycles. The van der Waals surface area contributed by atoms with Crippen LogP contribution in [-0.4, -0.2) is 88.6 Å². The first-order valence-corrected chi connectivity index (χ1v) is 16.0. The van der Waals surface area contributed by atoms with Gasteiger partial charge in [0.25, 0.3) is 0 Å². The van der Waals surface area contributed by atoms with Crippen LogP contribution in [-0.2, 0) is 34.5 Å². The molecule has 2 aliphatic rings. The number of fused-ring (bicyclic) bond motifs is 2. The Bertz CT molecular complexity index is 1870. The molecule has 0 radical (unpaired) electrons. The van der Waals surface area contributed by atoms with Crippen LogP contribution in [0.5, 0.6) is 0 Å². The summed E-state index contributed by atoms with van der Waals surface area (Å²) in [4.78, 5) is 24.6. The molecule has 45 heavy (non-hydrogen) atoms. The molecule has 2 aromatic carbocycles. The van der Waals surface area contributed by atoms with Gasteiger partial charge in [-0.1, -0.05) is 12.1 Å². The van der Waals surface area contributed by atoms with Crippen molar-refractivity contribution in [3.05, 3.63) is 60.2 Å². The van der Waals surface area contributed by atoms with Crippen LogP contribution in [0.15, 0.2) is 53.8 Å². The third-order valence-corrected chi connectivity index (χ3v) is 10.2. The number of nitrogens with one attached hydrogen (secondary N) is 1. The average Bonchev–Trinajstić information content (AvgIpc) is 3.61. The van der Waals surface area contributed by atoms with Crippen LogP contribution in [0.2, 0.25) is 0 Å². The van der Waals surface area contributed by atoms with Crippen molar-refractivity contribution in [3.8, 4) is 11.1 Å². The molecular weight excluding hydrogens is 609 g/mol. The van der Waals surface area contributed by atoms with Crippen LogP contribution < -0.4 is 10.2 Å². The molecule has 1 unspecified atom stereocenters. The predicted octanol–water partition coefficient (Wildman–Crippen LogP) is 3.77. The number of rotatable bonds is 7. The van der Waals surface area contributed by atoms with Gasteiger partial charge in [0.1, 0.15) is 12.1 Å². The molecule has 0 aliphatic carbocycles. The Balaban J connectivity index is 1.12. The normalized spacial score (nSPS) is 17.1. The molecule has 2 aliphatic heterocycles. The topological polar surface area (TPSA) is 117 Å². The second-order valence-corrected chi connectivity index (χ2v) is 13.4. The summed E-state index contributed by atoms with van der Waals surface area (Å²) in [5.41, 5.74) is 1.27. The quantitative estimate of drug-likeness (QED) is 0.324. The Kier molecular flexibility index (Phi) is 8.03. The van der Waals surface area contributed by atoms with Crippen molar-refractivity contribution < 1.29 is 26.4 Å². The van der Waals surface area contributed by atoms with E-state index >= 15 is 0 Å². The molecule has 1 saturated heterocycles. The standard InChI is InChI=1S/C30H33F3N8O3S/c1-19(36-29-24-6-4-5-23(27(24)34-18-35-29)25-17-38(3)37-28(25)30(31,32)33)16-39-11-13-40(14-12-39)45(43,44)22-7-8-26-21(15-22)9-10-41(26)20(2)42/h4-8,15,17-19H,9-14,16H2,1-3H3,(H,34,35,36). The summed E-state index contributed by atoms with van der Waals surface area (Å²) in [6.07, 6.45) is -1.34. The number of alkyl halides is 3. The number of piperazine rings is 1. The highest BCUT2D eigenvalue weighted by atomic mass is 32.2. The highest BCUT2D eigenvalue weighted by molar-refractivity contribution is 7.89. The van der Waals surface area contributed by atoms with Gasteiger partial charge in [0, 0.05) is 87.7 Å². The van der Waals surface area contributed by atoms with Crippen molar-refractivity contribution in [1.29, 1.82) is 0 Å². The lowest BCUT2D eigenvalue weighted by Gasteiger charge is -2.35. The number of para-hydroxylation sites is 1. The predicted molar refractivity (Wildman–Crippen MR) is 163 cm³/mol. The number of carbonyl (C=O) groups excluding carboxylic acids is 1. The van der Waals surface area contributed by atoms with Crippen molar-refractivity contribution in [1.82, 2.24) is 29.0 Å². The second kappa shape index (κ2) is 11.7. The summed E-state index contributed by atoms with van der Waals surface area (Å²) >= 11 is 0. The summed E-state index contributed by atoms with van der Waals surface area (Å²) in [6.45, 7) is 6.35. The first-order valence-electron chi connectivity index (χ1n) is 14.6. The van der Waals surface area contributed by atoms with Crippen LogP contribution in [0, 0.1) is 0 Å². The second-order valence-electron chi connectivity index (χ2n) is 11.4. The number of anilines is 2. The minimum atomic E-state index is -4.62. The number of halogens is 3. The van der Waals surface area contributed by atoms with Crippen LogP contribution in [0.3, 0.4) is 0 Å². The molecule has 1 amide bonds. The number of aryl methyl sites for hydroxylation is 1. The fourth-order valence-electron chi connectivity index (χ4n) is 6.15. The largest absolute Gasteiger partial charge is 0.435 e. The monoisotopic (exact) mass is 642 g/mol. The maximum atomic E-state index is 13.7. The van der Waals surface area contributed by atoms with Crippen molar-refractivity contribution in [2.75, 3.05) is 49.5 Å². The van der Waals surface area contributed by atoms with Crippen LogP contribution in [0.25, 0.3) is 22.0 Å². The van der Waals surface area contributed by atoms with Gasteiger partial charge in [0.2, 0.25) is 15.9 Å². The molecule has 1 atom stereocenters. The minimum absolute atomic E-state index is 0.0564. The molecule has 1 N–H and O–H groups in total. The smallest absolute Gasteiger partial charge is 0.366 e. The van der Waals surface area contributed by atoms with Gasteiger partial charge in [0.15, 0.2) is 5.69 Å². The summed E-state index contributed by atoms with van der Waals surface area (Å²) in [5.74, 6) is 0.430. The van der Waals surface area contributed by atoms with Crippen LogP contribution in [0.1, 0.15) is 25.1 Å². The number of carbonyl (C=O) groups is 1. The Morgan fingerprint density at radius 1 is 1.04 bits per heavy atom. The number of benzene rings is 2. The van der Waals surface area contributed by atoms with E-state index in [1.165, 1.54) is 30.8 Å². The molecule has 0 saturated carbocycles. The van der Waals surface area contributed by atoms with Crippen LogP contribution in [0.4, 0.5) is 24.7 Å². The Hall–Kier alpha value is -4.08. The van der Waals surface area contributed by atoms with Crippen molar-refractivity contribution in [2.45, 2.75) is 37.4 Å². The van der Waals surface area contributed by atoms with Gasteiger partial charge in [-0.2, -0.15) is 22.6 Å². The molecule has 1 fully saturated rings. The average molecular weight is 643 g/mol. The van der Waals surface area contributed by atoms with Gasteiger partial charge < -0.3 is 10.2 Å². The third-order valence-electron chi connectivity index (χ3n) is 8.26. The fraction of sp³-hybridized carbons (Fsp3) is 0.400. The highest BCUT2D eigenvalue weighted by Crippen LogP contribution is 2.39. The Morgan fingerprint density at radius 3 is 2.51 bits per heavy atom. The van der Waals surface area contributed by atoms with Crippen LogP contribution >= 0.6 is 0 Å². The van der Waals surface area contributed by atoms with Gasteiger partial charge in [-0.3, -0.25) is 14.4 Å². The van der Waals surface area contributed by atoms with Gasteiger partial charge in [-0.05, 0) is 43.2 Å². The van der Waals surface area contributed by atoms with E-state index in [9.17, 15) is 26.4 Å². The molecule has 6 rings (SSSR count). The molecule has 11 nitrogen and oxygen atoms in total. The fourth-order valence-corrected chi connectivity index (χ4v) is 7.62. The number of amides is 1. The van der Waals surface area contributed by atoms with Gasteiger partial charge in [-0.15, -0.1) is 0 Å². The molecule has 0 spiro atoms. The van der Waals surface area contributed by atoms with E-state index < -0.39 is 21.9 Å². The lowest BCUT2D eigenvalue weighted by atomic mass is 10.0. The van der Waals surface area contributed by atoms with E-state index in [0.717, 1.165) is 15.9 Å². The molecule has 4 heterocycles. The van der Waals surface area contributed by atoms with Crippen molar-refractivity contribution in [3.63, 3.8) is 0 Å².